The molecule has 0 spiro atoms. The van der Waals surface area contributed by atoms with Gasteiger partial charge in [0, 0.05) is 12.5 Å². The van der Waals surface area contributed by atoms with Crippen LogP contribution < -0.4 is 0 Å². The minimum absolute atomic E-state index is 0.000933. The molecule has 0 radical (unpaired) electrons. The minimum Gasteiger partial charge on any atom is -0.503 e. The molecule has 1 aromatic heterocycles. The molecule has 0 atom stereocenters. The molecule has 0 saturated carbocycles. The largest absolute Gasteiger partial charge is 0.503 e. The van der Waals surface area contributed by atoms with Crippen LogP contribution in [0.5, 0.6) is 5.75 Å². The normalized spacial score (nSPS) is 10.6. The van der Waals surface area contributed by atoms with E-state index in [0.29, 0.717) is 22.6 Å². The van der Waals surface area contributed by atoms with Crippen LogP contribution in [-0.4, -0.2) is 10.3 Å². The number of benzene rings is 1. The van der Waals surface area contributed by atoms with Crippen molar-refractivity contribution < 1.29 is 14.0 Å². The van der Waals surface area contributed by atoms with E-state index >= 15 is 0 Å². The monoisotopic (exact) mass is 207 g/mol. The number of rotatable bonds is 1. The standard InChI is InChI=1S/C11H10FNO2/c1-6-5-8(3-4-9(6)12)10-11(14)7(2)15-13-10/h3-5,14H,1-2H3. The molecule has 2 rings (SSSR count). The first-order valence-electron chi connectivity index (χ1n) is 4.51. The van der Waals surface area contributed by atoms with E-state index in [1.54, 1.807) is 26.0 Å². The third-order valence-electron chi connectivity index (χ3n) is 2.26. The second-order valence-corrected chi connectivity index (χ2v) is 3.40. The summed E-state index contributed by atoms with van der Waals surface area (Å²) in [6.07, 6.45) is 0. The summed E-state index contributed by atoms with van der Waals surface area (Å²) >= 11 is 0. The van der Waals surface area contributed by atoms with Gasteiger partial charge in [0.15, 0.2) is 17.2 Å². The van der Waals surface area contributed by atoms with Gasteiger partial charge < -0.3 is 9.63 Å². The maximum absolute atomic E-state index is 13.0. The maximum Gasteiger partial charge on any atom is 0.186 e. The number of aryl methyl sites for hydroxylation is 2. The highest BCUT2D eigenvalue weighted by molar-refractivity contribution is 5.66. The molecule has 0 amide bonds. The SMILES string of the molecule is Cc1cc(-c2noc(C)c2O)ccc1F. The van der Waals surface area contributed by atoms with Gasteiger partial charge in [-0.15, -0.1) is 0 Å². The van der Waals surface area contributed by atoms with E-state index < -0.39 is 0 Å². The first-order valence-corrected chi connectivity index (χ1v) is 4.51. The molecule has 3 nitrogen and oxygen atoms in total. The third kappa shape index (κ3) is 1.58. The van der Waals surface area contributed by atoms with Gasteiger partial charge in [0.1, 0.15) is 5.82 Å². The van der Waals surface area contributed by atoms with Gasteiger partial charge in [0.05, 0.1) is 0 Å². The number of aromatic hydroxyl groups is 1. The second-order valence-electron chi connectivity index (χ2n) is 3.40. The molecule has 0 aliphatic heterocycles. The van der Waals surface area contributed by atoms with Gasteiger partial charge in [-0.1, -0.05) is 5.16 Å². The van der Waals surface area contributed by atoms with Crippen LogP contribution in [0.3, 0.4) is 0 Å². The van der Waals surface area contributed by atoms with Crippen molar-refractivity contribution in [2.24, 2.45) is 0 Å². The number of hydrogen-bond donors (Lipinski definition) is 1. The van der Waals surface area contributed by atoms with Crippen molar-refractivity contribution in [2.75, 3.05) is 0 Å². The fourth-order valence-electron chi connectivity index (χ4n) is 1.35. The molecule has 0 unspecified atom stereocenters. The summed E-state index contributed by atoms with van der Waals surface area (Å²) in [5.74, 6) is 0.0754. The van der Waals surface area contributed by atoms with Gasteiger partial charge in [0.25, 0.3) is 0 Å². The van der Waals surface area contributed by atoms with Crippen molar-refractivity contribution in [3.8, 4) is 17.0 Å². The topological polar surface area (TPSA) is 46.3 Å². The van der Waals surface area contributed by atoms with E-state index in [0.717, 1.165) is 0 Å². The second kappa shape index (κ2) is 3.38. The predicted octanol–water partition coefficient (Wildman–Crippen LogP) is 2.80. The lowest BCUT2D eigenvalue weighted by Crippen LogP contribution is -1.84. The summed E-state index contributed by atoms with van der Waals surface area (Å²) in [5.41, 5.74) is 1.49. The molecule has 1 aromatic carbocycles. The van der Waals surface area contributed by atoms with Gasteiger partial charge in [-0.25, -0.2) is 4.39 Å². The Morgan fingerprint density at radius 2 is 2.07 bits per heavy atom. The fraction of sp³-hybridized carbons (Fsp3) is 0.182. The molecule has 2 aromatic rings. The fourth-order valence-corrected chi connectivity index (χ4v) is 1.35. The van der Waals surface area contributed by atoms with Gasteiger partial charge in [-0.2, -0.15) is 0 Å². The van der Waals surface area contributed by atoms with Gasteiger partial charge in [-0.05, 0) is 30.7 Å². The summed E-state index contributed by atoms with van der Waals surface area (Å²) in [4.78, 5) is 0. The van der Waals surface area contributed by atoms with E-state index in [-0.39, 0.29) is 11.6 Å². The predicted molar refractivity (Wildman–Crippen MR) is 53.0 cm³/mol. The molecule has 1 heterocycles. The van der Waals surface area contributed by atoms with Crippen molar-refractivity contribution in [1.29, 1.82) is 0 Å². The van der Waals surface area contributed by atoms with E-state index in [2.05, 4.69) is 5.16 Å². The average Bonchev–Trinajstić information content (AvgIpc) is 2.53. The average molecular weight is 207 g/mol. The van der Waals surface area contributed by atoms with Crippen molar-refractivity contribution in [1.82, 2.24) is 5.16 Å². The van der Waals surface area contributed by atoms with Crippen molar-refractivity contribution >= 4 is 0 Å². The van der Waals surface area contributed by atoms with Crippen LogP contribution in [-0.2, 0) is 0 Å². The maximum atomic E-state index is 13.0. The summed E-state index contributed by atoms with van der Waals surface area (Å²) in [6.45, 7) is 3.27. The van der Waals surface area contributed by atoms with Crippen LogP contribution in [0.15, 0.2) is 22.7 Å². The van der Waals surface area contributed by atoms with Gasteiger partial charge >= 0.3 is 0 Å². The van der Waals surface area contributed by atoms with Crippen LogP contribution in [0.1, 0.15) is 11.3 Å². The summed E-state index contributed by atoms with van der Waals surface area (Å²) in [5, 5.41) is 13.3. The van der Waals surface area contributed by atoms with Crippen LogP contribution in [0, 0.1) is 19.7 Å². The van der Waals surface area contributed by atoms with Crippen molar-refractivity contribution in [3.63, 3.8) is 0 Å². The molecule has 0 saturated heterocycles. The molecule has 0 bridgehead atoms. The number of hydrogen-bond acceptors (Lipinski definition) is 3. The van der Waals surface area contributed by atoms with Crippen molar-refractivity contribution in [2.45, 2.75) is 13.8 Å². The van der Waals surface area contributed by atoms with Crippen LogP contribution in [0.2, 0.25) is 0 Å². The molecule has 4 heteroatoms. The Morgan fingerprint density at radius 3 is 2.60 bits per heavy atom. The van der Waals surface area contributed by atoms with E-state index in [4.69, 9.17) is 4.52 Å². The lowest BCUT2D eigenvalue weighted by Gasteiger charge is -1.99. The zero-order valence-corrected chi connectivity index (χ0v) is 8.41. The Kier molecular flexibility index (Phi) is 2.19. The third-order valence-corrected chi connectivity index (χ3v) is 2.26. The van der Waals surface area contributed by atoms with Crippen LogP contribution in [0.25, 0.3) is 11.3 Å². The summed E-state index contributed by atoms with van der Waals surface area (Å²) < 4.78 is 17.8. The quantitative estimate of drug-likeness (QED) is 0.782. The Labute approximate surface area is 86.1 Å². The molecule has 0 aliphatic rings. The lowest BCUT2D eigenvalue weighted by molar-refractivity contribution is 0.384. The minimum atomic E-state index is -0.279. The Hall–Kier alpha value is -1.84. The highest BCUT2D eigenvalue weighted by Crippen LogP contribution is 2.31. The zero-order chi connectivity index (χ0) is 11.0. The van der Waals surface area contributed by atoms with Crippen LogP contribution >= 0.6 is 0 Å². The van der Waals surface area contributed by atoms with Gasteiger partial charge in [0.2, 0.25) is 0 Å². The molecule has 1 N–H and O–H groups in total. The highest BCUT2D eigenvalue weighted by atomic mass is 19.1. The Balaban J connectivity index is 2.55. The molecule has 15 heavy (non-hydrogen) atoms. The van der Waals surface area contributed by atoms with E-state index in [1.165, 1.54) is 6.07 Å². The highest BCUT2D eigenvalue weighted by Gasteiger charge is 2.13. The van der Waals surface area contributed by atoms with Crippen molar-refractivity contribution in [3.05, 3.63) is 35.3 Å². The van der Waals surface area contributed by atoms with Crippen LogP contribution in [0.4, 0.5) is 4.39 Å². The number of halogens is 1. The molecule has 0 aliphatic carbocycles. The molecule has 78 valence electrons. The van der Waals surface area contributed by atoms with E-state index in [1.807, 2.05) is 0 Å². The zero-order valence-electron chi connectivity index (χ0n) is 8.41. The molecular formula is C11H10FNO2. The van der Waals surface area contributed by atoms with E-state index in [9.17, 15) is 9.50 Å². The Morgan fingerprint density at radius 1 is 1.33 bits per heavy atom. The first-order chi connectivity index (χ1) is 7.09. The number of nitrogens with zero attached hydrogens (tertiary/aromatic N) is 1. The molecule has 0 fully saturated rings. The summed E-state index contributed by atoms with van der Waals surface area (Å²) in [6, 6.07) is 4.51. The number of aromatic nitrogens is 1. The Bertz CT molecular complexity index is 505. The lowest BCUT2D eigenvalue weighted by atomic mass is 10.1. The van der Waals surface area contributed by atoms with Gasteiger partial charge in [-0.3, -0.25) is 0 Å². The smallest absolute Gasteiger partial charge is 0.186 e. The first kappa shape index (κ1) is 9.71. The molecular weight excluding hydrogens is 197 g/mol. The summed E-state index contributed by atoms with van der Waals surface area (Å²) in [7, 11) is 0.